The Balaban J connectivity index is 2.94. The molecule has 3 heteroatoms. The first-order chi connectivity index (χ1) is 5.29. The van der Waals surface area contributed by atoms with E-state index in [0.29, 0.717) is 0 Å². The molecule has 1 aromatic heterocycles. The second kappa shape index (κ2) is 2.41. The van der Waals surface area contributed by atoms with Gasteiger partial charge in [-0.1, -0.05) is 6.07 Å². The van der Waals surface area contributed by atoms with Gasteiger partial charge < -0.3 is 9.52 Å². The average molecular weight is 260 g/mol. The fourth-order valence-corrected chi connectivity index (χ4v) is 1.63. The van der Waals surface area contributed by atoms with Crippen LogP contribution >= 0.6 is 22.6 Å². The molecule has 1 aromatic carbocycles. The Kier molecular flexibility index (Phi) is 1.52. The lowest BCUT2D eigenvalue weighted by atomic mass is 10.2. The summed E-state index contributed by atoms with van der Waals surface area (Å²) in [5.41, 5.74) is 0.755. The van der Waals surface area contributed by atoms with Gasteiger partial charge in [-0.05, 0) is 34.7 Å². The van der Waals surface area contributed by atoms with Crippen LogP contribution in [0.5, 0.6) is 5.75 Å². The molecule has 11 heavy (non-hydrogen) atoms. The normalized spacial score (nSPS) is 10.6. The number of furan rings is 1. The first kappa shape index (κ1) is 6.97. The number of fused-ring (bicyclic) bond motifs is 1. The lowest BCUT2D eigenvalue weighted by molar-refractivity contribution is 0.464. The molecule has 2 rings (SSSR count). The smallest absolute Gasteiger partial charge is 0.161 e. The van der Waals surface area contributed by atoms with Crippen molar-refractivity contribution in [2.75, 3.05) is 0 Å². The monoisotopic (exact) mass is 260 g/mol. The van der Waals surface area contributed by atoms with E-state index in [-0.39, 0.29) is 5.75 Å². The van der Waals surface area contributed by atoms with E-state index in [1.807, 2.05) is 18.2 Å². The summed E-state index contributed by atoms with van der Waals surface area (Å²) in [6, 6.07) is 5.65. The highest BCUT2D eigenvalue weighted by Crippen LogP contribution is 2.29. The molecule has 1 heterocycles. The minimum atomic E-state index is 0.207. The van der Waals surface area contributed by atoms with E-state index in [9.17, 15) is 5.11 Å². The molecule has 1 N–H and O–H groups in total. The third-order valence-corrected chi connectivity index (χ3v) is 2.38. The molecular weight excluding hydrogens is 255 g/mol. The van der Waals surface area contributed by atoms with Crippen molar-refractivity contribution in [3.63, 3.8) is 0 Å². The predicted octanol–water partition coefficient (Wildman–Crippen LogP) is 2.74. The van der Waals surface area contributed by atoms with Gasteiger partial charge in [0.15, 0.2) is 11.3 Å². The Bertz CT molecular complexity index is 392. The maximum Gasteiger partial charge on any atom is 0.161 e. The summed E-state index contributed by atoms with van der Waals surface area (Å²) in [6.45, 7) is 0. The van der Waals surface area contributed by atoms with Gasteiger partial charge in [0, 0.05) is 0 Å². The Morgan fingerprint density at radius 3 is 2.91 bits per heavy atom. The van der Waals surface area contributed by atoms with Crippen molar-refractivity contribution in [1.82, 2.24) is 0 Å². The summed E-state index contributed by atoms with van der Waals surface area (Å²) >= 11 is 2.17. The second-order valence-corrected chi connectivity index (χ2v) is 3.40. The largest absolute Gasteiger partial charge is 0.504 e. The third-order valence-electron chi connectivity index (χ3n) is 1.53. The zero-order valence-corrected chi connectivity index (χ0v) is 7.70. The number of hydrogen-bond acceptors (Lipinski definition) is 2. The van der Waals surface area contributed by atoms with Gasteiger partial charge in [-0.15, -0.1) is 0 Å². The molecule has 0 bridgehead atoms. The van der Waals surface area contributed by atoms with Crippen molar-refractivity contribution < 1.29 is 9.52 Å². The number of para-hydroxylation sites is 1. The van der Waals surface area contributed by atoms with Crippen LogP contribution in [0.1, 0.15) is 0 Å². The fraction of sp³-hybridized carbons (Fsp3) is 0. The van der Waals surface area contributed by atoms with E-state index in [4.69, 9.17) is 4.42 Å². The summed E-state index contributed by atoms with van der Waals surface area (Å²) in [5.74, 6) is 0.207. The summed E-state index contributed by atoms with van der Waals surface area (Å²) in [6.07, 6.45) is 1.35. The third kappa shape index (κ3) is 0.994. The van der Waals surface area contributed by atoms with Crippen LogP contribution in [-0.2, 0) is 0 Å². The molecule has 0 aliphatic heterocycles. The molecule has 2 nitrogen and oxygen atoms in total. The van der Waals surface area contributed by atoms with Gasteiger partial charge in [-0.2, -0.15) is 0 Å². The number of halogens is 1. The molecule has 0 saturated heterocycles. The lowest BCUT2D eigenvalue weighted by Gasteiger charge is -1.89. The number of rotatable bonds is 0. The molecule has 2 aromatic rings. The van der Waals surface area contributed by atoms with Crippen molar-refractivity contribution in [2.45, 2.75) is 0 Å². The van der Waals surface area contributed by atoms with Crippen molar-refractivity contribution in [3.05, 3.63) is 28.0 Å². The first-order valence-electron chi connectivity index (χ1n) is 3.14. The van der Waals surface area contributed by atoms with Crippen LogP contribution in [0, 0.1) is 3.57 Å². The standard InChI is InChI=1S/C8H5IO2/c9-6-3-1-2-5-7(10)4-11-8(5)6/h1-4,10H. The van der Waals surface area contributed by atoms with Gasteiger partial charge in [0.25, 0.3) is 0 Å². The molecule has 0 radical (unpaired) electrons. The van der Waals surface area contributed by atoms with Gasteiger partial charge in [-0.3, -0.25) is 0 Å². The molecule has 0 spiro atoms. The lowest BCUT2D eigenvalue weighted by Crippen LogP contribution is -1.69. The average Bonchev–Trinajstić information content (AvgIpc) is 2.35. The summed E-state index contributed by atoms with van der Waals surface area (Å²) in [7, 11) is 0. The van der Waals surface area contributed by atoms with Gasteiger partial charge in [-0.25, -0.2) is 0 Å². The van der Waals surface area contributed by atoms with Gasteiger partial charge >= 0.3 is 0 Å². The minimum absolute atomic E-state index is 0.207. The van der Waals surface area contributed by atoms with E-state index in [1.54, 1.807) is 0 Å². The van der Waals surface area contributed by atoms with E-state index >= 15 is 0 Å². The zero-order valence-electron chi connectivity index (χ0n) is 5.54. The van der Waals surface area contributed by atoms with Crippen LogP contribution in [0.3, 0.4) is 0 Å². The van der Waals surface area contributed by atoms with E-state index in [2.05, 4.69) is 22.6 Å². The number of hydrogen-bond donors (Lipinski definition) is 1. The van der Waals surface area contributed by atoms with E-state index < -0.39 is 0 Å². The molecule has 0 aliphatic rings. The number of aromatic hydroxyl groups is 1. The maximum atomic E-state index is 9.24. The Hall–Kier alpha value is -0.710. The van der Waals surface area contributed by atoms with Crippen LogP contribution < -0.4 is 0 Å². The zero-order chi connectivity index (χ0) is 7.84. The van der Waals surface area contributed by atoms with E-state index in [1.165, 1.54) is 6.26 Å². The van der Waals surface area contributed by atoms with Crippen molar-refractivity contribution in [2.24, 2.45) is 0 Å². The highest BCUT2D eigenvalue weighted by molar-refractivity contribution is 14.1. The molecule has 0 fully saturated rings. The Labute approximate surface area is 77.0 Å². The topological polar surface area (TPSA) is 33.4 Å². The van der Waals surface area contributed by atoms with Gasteiger partial charge in [0.1, 0.15) is 6.26 Å². The van der Waals surface area contributed by atoms with Crippen LogP contribution in [0.25, 0.3) is 11.0 Å². The van der Waals surface area contributed by atoms with Crippen LogP contribution in [0.4, 0.5) is 0 Å². The fourth-order valence-electron chi connectivity index (χ4n) is 1.01. The van der Waals surface area contributed by atoms with E-state index in [0.717, 1.165) is 14.5 Å². The molecule has 0 atom stereocenters. The highest BCUT2D eigenvalue weighted by atomic mass is 127. The van der Waals surface area contributed by atoms with Crippen LogP contribution in [-0.4, -0.2) is 5.11 Å². The summed E-state index contributed by atoms with van der Waals surface area (Å²) in [5, 5.41) is 10.0. The molecule has 56 valence electrons. The Morgan fingerprint density at radius 2 is 2.18 bits per heavy atom. The predicted molar refractivity (Wildman–Crippen MR) is 50.6 cm³/mol. The van der Waals surface area contributed by atoms with Crippen molar-refractivity contribution in [3.8, 4) is 5.75 Å². The summed E-state index contributed by atoms with van der Waals surface area (Å²) < 4.78 is 6.14. The molecule has 0 unspecified atom stereocenters. The second-order valence-electron chi connectivity index (χ2n) is 2.24. The minimum Gasteiger partial charge on any atom is -0.504 e. The van der Waals surface area contributed by atoms with Crippen molar-refractivity contribution >= 4 is 33.6 Å². The van der Waals surface area contributed by atoms with Gasteiger partial charge in [0.2, 0.25) is 0 Å². The first-order valence-corrected chi connectivity index (χ1v) is 4.21. The quantitative estimate of drug-likeness (QED) is 0.739. The SMILES string of the molecule is Oc1coc2c(I)cccc12. The van der Waals surface area contributed by atoms with Crippen LogP contribution in [0.15, 0.2) is 28.9 Å². The molecule has 0 amide bonds. The van der Waals surface area contributed by atoms with Gasteiger partial charge in [0.05, 0.1) is 8.96 Å². The molecular formula is C8H5IO2. The molecule has 0 saturated carbocycles. The van der Waals surface area contributed by atoms with Crippen molar-refractivity contribution in [1.29, 1.82) is 0 Å². The van der Waals surface area contributed by atoms with Crippen LogP contribution in [0.2, 0.25) is 0 Å². The highest BCUT2D eigenvalue weighted by Gasteiger charge is 2.05. The number of benzene rings is 1. The Morgan fingerprint density at radius 1 is 1.36 bits per heavy atom. The maximum absolute atomic E-state index is 9.24. The summed E-state index contributed by atoms with van der Waals surface area (Å²) in [4.78, 5) is 0. The molecule has 0 aliphatic carbocycles.